The topological polar surface area (TPSA) is 12.4 Å². The molecule has 0 spiro atoms. The van der Waals surface area contributed by atoms with E-state index in [0.717, 1.165) is 24.3 Å². The minimum absolute atomic E-state index is 0.508. The molecule has 1 unspecified atom stereocenters. The smallest absolute Gasteiger partial charge is 0.0414 e. The van der Waals surface area contributed by atoms with Crippen molar-refractivity contribution in [2.24, 2.45) is 28.2 Å². The highest BCUT2D eigenvalue weighted by Gasteiger charge is 2.31. The number of aliphatic imine (C=N–C) groups is 1. The maximum atomic E-state index is 4.84. The normalized spacial score (nSPS) is 35.5. The molecule has 0 saturated heterocycles. The van der Waals surface area contributed by atoms with Gasteiger partial charge in [-0.1, -0.05) is 27.7 Å². The monoisotopic (exact) mass is 235 g/mol. The van der Waals surface area contributed by atoms with Crippen LogP contribution in [-0.2, 0) is 0 Å². The molecule has 0 amide bonds. The Labute approximate surface area is 107 Å². The summed E-state index contributed by atoms with van der Waals surface area (Å²) < 4.78 is 0. The molecule has 1 heterocycles. The summed E-state index contributed by atoms with van der Waals surface area (Å²) in [6.07, 6.45) is 8.29. The van der Waals surface area contributed by atoms with E-state index in [1.807, 2.05) is 0 Å². The van der Waals surface area contributed by atoms with Gasteiger partial charge in [-0.2, -0.15) is 0 Å². The molecule has 0 aromatic heterocycles. The number of nitrogens with zero attached hydrogens (tertiary/aromatic N) is 1. The molecule has 2 aliphatic rings. The number of hydrogen-bond acceptors (Lipinski definition) is 1. The third-order valence-corrected chi connectivity index (χ3v) is 4.92. The average Bonchev–Trinajstić information content (AvgIpc) is 2.29. The Morgan fingerprint density at radius 2 is 1.65 bits per heavy atom. The van der Waals surface area contributed by atoms with Crippen molar-refractivity contribution in [3.63, 3.8) is 0 Å². The number of hydrogen-bond donors (Lipinski definition) is 0. The van der Waals surface area contributed by atoms with Crippen molar-refractivity contribution in [3.05, 3.63) is 0 Å². The van der Waals surface area contributed by atoms with Gasteiger partial charge in [-0.25, -0.2) is 0 Å². The van der Waals surface area contributed by atoms with E-state index in [1.54, 1.807) is 5.71 Å². The van der Waals surface area contributed by atoms with Crippen molar-refractivity contribution in [2.45, 2.75) is 66.2 Å². The zero-order chi connectivity index (χ0) is 12.5. The molecule has 98 valence electrons. The summed E-state index contributed by atoms with van der Waals surface area (Å²) in [4.78, 5) is 4.84. The average molecular weight is 235 g/mol. The van der Waals surface area contributed by atoms with Crippen LogP contribution in [0.15, 0.2) is 4.99 Å². The molecular weight excluding hydrogens is 206 g/mol. The minimum Gasteiger partial charge on any atom is -0.294 e. The fraction of sp³-hybridized carbons (Fsp3) is 0.938. The third-order valence-electron chi connectivity index (χ3n) is 4.92. The molecule has 1 atom stereocenters. The SMILES string of the molecule is CC1CCC(C2CCC(C(C)(C)C)CC2)=NC1. The zero-order valence-corrected chi connectivity index (χ0v) is 12.1. The van der Waals surface area contributed by atoms with Crippen molar-refractivity contribution >= 4 is 5.71 Å². The lowest BCUT2D eigenvalue weighted by atomic mass is 9.68. The van der Waals surface area contributed by atoms with Crippen LogP contribution >= 0.6 is 0 Å². The van der Waals surface area contributed by atoms with Gasteiger partial charge >= 0.3 is 0 Å². The molecule has 17 heavy (non-hydrogen) atoms. The summed E-state index contributed by atoms with van der Waals surface area (Å²) in [5.74, 6) is 2.59. The van der Waals surface area contributed by atoms with E-state index in [0.29, 0.717) is 5.41 Å². The molecule has 0 aromatic carbocycles. The Balaban J connectivity index is 1.87. The summed E-state index contributed by atoms with van der Waals surface area (Å²) in [6.45, 7) is 10.6. The Kier molecular flexibility index (Phi) is 3.95. The molecule has 0 radical (unpaired) electrons. The second-order valence-corrected chi connectivity index (χ2v) is 7.39. The Morgan fingerprint density at radius 1 is 1.00 bits per heavy atom. The van der Waals surface area contributed by atoms with Crippen molar-refractivity contribution in [3.8, 4) is 0 Å². The summed E-state index contributed by atoms with van der Waals surface area (Å²) in [5.41, 5.74) is 2.07. The van der Waals surface area contributed by atoms with Crippen LogP contribution in [0, 0.1) is 23.2 Å². The van der Waals surface area contributed by atoms with E-state index in [-0.39, 0.29) is 0 Å². The van der Waals surface area contributed by atoms with Crippen LogP contribution in [0.25, 0.3) is 0 Å². The van der Waals surface area contributed by atoms with Crippen molar-refractivity contribution in [1.82, 2.24) is 0 Å². The lowest BCUT2D eigenvalue weighted by Crippen LogP contribution is -2.30. The molecule has 0 bridgehead atoms. The van der Waals surface area contributed by atoms with Gasteiger partial charge in [0.05, 0.1) is 0 Å². The van der Waals surface area contributed by atoms with Gasteiger partial charge in [0.2, 0.25) is 0 Å². The summed E-state index contributed by atoms with van der Waals surface area (Å²) in [5, 5.41) is 0. The largest absolute Gasteiger partial charge is 0.294 e. The van der Waals surface area contributed by atoms with Crippen molar-refractivity contribution in [1.29, 1.82) is 0 Å². The predicted molar refractivity (Wildman–Crippen MR) is 75.6 cm³/mol. The highest BCUT2D eigenvalue weighted by Crippen LogP contribution is 2.41. The summed E-state index contributed by atoms with van der Waals surface area (Å²) >= 11 is 0. The van der Waals surface area contributed by atoms with E-state index >= 15 is 0 Å². The number of rotatable bonds is 1. The fourth-order valence-corrected chi connectivity index (χ4v) is 3.46. The molecule has 1 aliphatic heterocycles. The molecule has 1 nitrogen and oxygen atoms in total. The van der Waals surface area contributed by atoms with E-state index < -0.39 is 0 Å². The lowest BCUT2D eigenvalue weighted by molar-refractivity contribution is 0.166. The predicted octanol–water partition coefficient (Wildman–Crippen LogP) is 4.71. The minimum atomic E-state index is 0.508. The molecule has 1 aliphatic carbocycles. The second-order valence-electron chi connectivity index (χ2n) is 7.39. The van der Waals surface area contributed by atoms with Crippen LogP contribution in [-0.4, -0.2) is 12.3 Å². The van der Waals surface area contributed by atoms with E-state index in [2.05, 4.69) is 27.7 Å². The van der Waals surface area contributed by atoms with Crippen molar-refractivity contribution in [2.75, 3.05) is 6.54 Å². The fourth-order valence-electron chi connectivity index (χ4n) is 3.46. The lowest BCUT2D eigenvalue weighted by Gasteiger charge is -2.38. The van der Waals surface area contributed by atoms with E-state index in [1.165, 1.54) is 38.5 Å². The van der Waals surface area contributed by atoms with Gasteiger partial charge in [0.25, 0.3) is 0 Å². The molecule has 0 N–H and O–H groups in total. The molecule has 1 saturated carbocycles. The van der Waals surface area contributed by atoms with Gasteiger partial charge in [0, 0.05) is 12.3 Å². The quantitative estimate of drug-likeness (QED) is 0.624. The van der Waals surface area contributed by atoms with Crippen LogP contribution in [0.5, 0.6) is 0 Å². The first-order valence-corrected chi connectivity index (χ1v) is 7.50. The third kappa shape index (κ3) is 3.33. The highest BCUT2D eigenvalue weighted by molar-refractivity contribution is 5.87. The first-order chi connectivity index (χ1) is 7.97. The van der Waals surface area contributed by atoms with E-state index in [9.17, 15) is 0 Å². The van der Waals surface area contributed by atoms with Gasteiger partial charge in [-0.05, 0) is 61.7 Å². The maximum Gasteiger partial charge on any atom is 0.0414 e. The second kappa shape index (κ2) is 5.12. The zero-order valence-electron chi connectivity index (χ0n) is 12.1. The highest BCUT2D eigenvalue weighted by atomic mass is 14.8. The Bertz CT molecular complexity index is 276. The van der Waals surface area contributed by atoms with Crippen molar-refractivity contribution < 1.29 is 0 Å². The van der Waals surface area contributed by atoms with Gasteiger partial charge in [-0.3, -0.25) is 4.99 Å². The maximum absolute atomic E-state index is 4.84. The first kappa shape index (κ1) is 13.1. The van der Waals surface area contributed by atoms with Crippen LogP contribution in [0.2, 0.25) is 0 Å². The molecule has 2 rings (SSSR count). The Hall–Kier alpha value is -0.330. The van der Waals surface area contributed by atoms with Crippen LogP contribution in [0.1, 0.15) is 66.2 Å². The van der Waals surface area contributed by atoms with E-state index in [4.69, 9.17) is 4.99 Å². The van der Waals surface area contributed by atoms with Gasteiger partial charge in [-0.15, -0.1) is 0 Å². The summed E-state index contributed by atoms with van der Waals surface area (Å²) in [7, 11) is 0. The van der Waals surface area contributed by atoms with Gasteiger partial charge in [0.1, 0.15) is 0 Å². The Morgan fingerprint density at radius 3 is 2.12 bits per heavy atom. The van der Waals surface area contributed by atoms with Gasteiger partial charge < -0.3 is 0 Å². The van der Waals surface area contributed by atoms with Gasteiger partial charge in [0.15, 0.2) is 0 Å². The molecule has 1 fully saturated rings. The van der Waals surface area contributed by atoms with Crippen LogP contribution < -0.4 is 0 Å². The molecule has 1 heteroatoms. The van der Waals surface area contributed by atoms with Crippen LogP contribution in [0.4, 0.5) is 0 Å². The first-order valence-electron chi connectivity index (χ1n) is 7.50. The molecular formula is C16H29N. The standard InChI is InChI=1S/C16H29N/c1-12-5-10-15(17-11-12)13-6-8-14(9-7-13)16(2,3)4/h12-14H,5-11H2,1-4H3. The van der Waals surface area contributed by atoms with Crippen LogP contribution in [0.3, 0.4) is 0 Å². The summed E-state index contributed by atoms with van der Waals surface area (Å²) in [6, 6.07) is 0. The molecule has 0 aromatic rings.